The Balaban J connectivity index is 2.72. The SMILES string of the molecule is CCn1nc(C)cc1CC(O)C(O)C(C)C. The minimum absolute atomic E-state index is 0.0640. The summed E-state index contributed by atoms with van der Waals surface area (Å²) in [6.07, 6.45) is -0.949. The maximum absolute atomic E-state index is 9.88. The molecule has 1 heterocycles. The van der Waals surface area contributed by atoms with Crippen LogP contribution >= 0.6 is 0 Å². The highest BCUT2D eigenvalue weighted by molar-refractivity contribution is 5.10. The van der Waals surface area contributed by atoms with Crippen molar-refractivity contribution < 1.29 is 10.2 Å². The van der Waals surface area contributed by atoms with Crippen molar-refractivity contribution in [1.82, 2.24) is 9.78 Å². The Hall–Kier alpha value is -0.870. The molecule has 0 saturated heterocycles. The van der Waals surface area contributed by atoms with E-state index < -0.39 is 12.2 Å². The minimum atomic E-state index is -0.721. The Labute approximate surface area is 96.9 Å². The normalized spacial score (nSPS) is 15.4. The van der Waals surface area contributed by atoms with Gasteiger partial charge in [0.1, 0.15) is 0 Å². The van der Waals surface area contributed by atoms with Gasteiger partial charge in [-0.05, 0) is 25.8 Å². The molecule has 0 aliphatic rings. The van der Waals surface area contributed by atoms with E-state index in [1.165, 1.54) is 0 Å². The molecule has 4 heteroatoms. The molecule has 0 spiro atoms. The van der Waals surface area contributed by atoms with Crippen molar-refractivity contribution in [3.8, 4) is 0 Å². The maximum Gasteiger partial charge on any atom is 0.0856 e. The first-order valence-electron chi connectivity index (χ1n) is 5.85. The number of aliphatic hydroxyl groups excluding tert-OH is 2. The molecule has 1 aromatic rings. The fourth-order valence-electron chi connectivity index (χ4n) is 1.82. The van der Waals surface area contributed by atoms with Gasteiger partial charge in [-0.1, -0.05) is 13.8 Å². The zero-order valence-corrected chi connectivity index (χ0v) is 10.5. The van der Waals surface area contributed by atoms with Crippen LogP contribution in [0.2, 0.25) is 0 Å². The Morgan fingerprint density at radius 1 is 1.38 bits per heavy atom. The average Bonchev–Trinajstić information content (AvgIpc) is 2.57. The van der Waals surface area contributed by atoms with E-state index in [1.54, 1.807) is 0 Å². The minimum Gasteiger partial charge on any atom is -0.390 e. The molecule has 92 valence electrons. The van der Waals surface area contributed by atoms with Crippen molar-refractivity contribution in [1.29, 1.82) is 0 Å². The van der Waals surface area contributed by atoms with Crippen LogP contribution in [0.4, 0.5) is 0 Å². The third-order valence-corrected chi connectivity index (χ3v) is 2.78. The summed E-state index contributed by atoms with van der Waals surface area (Å²) in [4.78, 5) is 0. The third-order valence-electron chi connectivity index (χ3n) is 2.78. The highest BCUT2D eigenvalue weighted by Gasteiger charge is 2.21. The molecule has 0 aromatic carbocycles. The molecular formula is C12H22N2O2. The molecule has 2 unspecified atom stereocenters. The zero-order chi connectivity index (χ0) is 12.3. The van der Waals surface area contributed by atoms with E-state index in [0.29, 0.717) is 6.42 Å². The summed E-state index contributed by atoms with van der Waals surface area (Å²) in [5, 5.41) is 23.9. The van der Waals surface area contributed by atoms with Crippen LogP contribution in [-0.2, 0) is 13.0 Å². The van der Waals surface area contributed by atoms with E-state index in [0.717, 1.165) is 17.9 Å². The number of aromatic nitrogens is 2. The number of hydrogen-bond donors (Lipinski definition) is 2. The van der Waals surface area contributed by atoms with Crippen molar-refractivity contribution >= 4 is 0 Å². The van der Waals surface area contributed by atoms with Crippen LogP contribution in [0, 0.1) is 12.8 Å². The van der Waals surface area contributed by atoms with Crippen molar-refractivity contribution in [2.24, 2.45) is 5.92 Å². The monoisotopic (exact) mass is 226 g/mol. The number of nitrogens with zero attached hydrogens (tertiary/aromatic N) is 2. The van der Waals surface area contributed by atoms with Crippen molar-refractivity contribution in [2.45, 2.75) is 52.9 Å². The Bertz CT molecular complexity index is 334. The molecule has 0 bridgehead atoms. The molecule has 0 amide bonds. The molecule has 0 aliphatic heterocycles. The second kappa shape index (κ2) is 5.46. The van der Waals surface area contributed by atoms with Crippen molar-refractivity contribution in [2.75, 3.05) is 0 Å². The van der Waals surface area contributed by atoms with Gasteiger partial charge < -0.3 is 10.2 Å². The van der Waals surface area contributed by atoms with Crippen LogP contribution < -0.4 is 0 Å². The third kappa shape index (κ3) is 3.06. The molecular weight excluding hydrogens is 204 g/mol. The van der Waals surface area contributed by atoms with E-state index in [2.05, 4.69) is 5.10 Å². The molecule has 2 N–H and O–H groups in total. The molecule has 2 atom stereocenters. The van der Waals surface area contributed by atoms with Gasteiger partial charge in [-0.25, -0.2) is 0 Å². The zero-order valence-electron chi connectivity index (χ0n) is 10.5. The summed E-state index contributed by atoms with van der Waals surface area (Å²) >= 11 is 0. The Kier molecular flexibility index (Phi) is 4.50. The van der Waals surface area contributed by atoms with E-state index in [1.807, 2.05) is 38.4 Å². The van der Waals surface area contributed by atoms with Crippen molar-refractivity contribution in [3.63, 3.8) is 0 Å². The first-order chi connectivity index (χ1) is 7.45. The first kappa shape index (κ1) is 13.2. The highest BCUT2D eigenvalue weighted by atomic mass is 16.3. The Morgan fingerprint density at radius 2 is 2.00 bits per heavy atom. The summed E-state index contributed by atoms with van der Waals surface area (Å²) in [5.41, 5.74) is 1.93. The number of hydrogen-bond acceptors (Lipinski definition) is 3. The highest BCUT2D eigenvalue weighted by Crippen LogP contribution is 2.13. The molecule has 4 nitrogen and oxygen atoms in total. The summed E-state index contributed by atoms with van der Waals surface area (Å²) in [7, 11) is 0. The van der Waals surface area contributed by atoms with Crippen LogP contribution in [0.15, 0.2) is 6.07 Å². The van der Waals surface area contributed by atoms with Gasteiger partial charge in [0, 0.05) is 18.7 Å². The lowest BCUT2D eigenvalue weighted by molar-refractivity contribution is -0.00826. The van der Waals surface area contributed by atoms with Gasteiger partial charge in [0.05, 0.1) is 17.9 Å². The smallest absolute Gasteiger partial charge is 0.0856 e. The molecule has 0 aliphatic carbocycles. The molecule has 0 radical (unpaired) electrons. The van der Waals surface area contributed by atoms with E-state index in [-0.39, 0.29) is 5.92 Å². The summed E-state index contributed by atoms with van der Waals surface area (Å²) in [6, 6.07) is 1.96. The molecule has 16 heavy (non-hydrogen) atoms. The van der Waals surface area contributed by atoms with Gasteiger partial charge in [-0.2, -0.15) is 5.10 Å². The molecule has 1 aromatic heterocycles. The largest absolute Gasteiger partial charge is 0.390 e. The van der Waals surface area contributed by atoms with Gasteiger partial charge >= 0.3 is 0 Å². The predicted octanol–water partition coefficient (Wildman–Crippen LogP) is 1.13. The first-order valence-corrected chi connectivity index (χ1v) is 5.85. The van der Waals surface area contributed by atoms with Crippen LogP contribution in [0.25, 0.3) is 0 Å². The number of aryl methyl sites for hydroxylation is 2. The van der Waals surface area contributed by atoms with Gasteiger partial charge in [0.25, 0.3) is 0 Å². The lowest BCUT2D eigenvalue weighted by Gasteiger charge is -2.21. The molecule has 0 fully saturated rings. The van der Waals surface area contributed by atoms with Gasteiger partial charge in [-0.15, -0.1) is 0 Å². The van der Waals surface area contributed by atoms with Gasteiger partial charge in [0.15, 0.2) is 0 Å². The molecule has 1 rings (SSSR count). The van der Waals surface area contributed by atoms with E-state index >= 15 is 0 Å². The van der Waals surface area contributed by atoms with E-state index in [9.17, 15) is 10.2 Å². The molecule has 0 saturated carbocycles. The van der Waals surface area contributed by atoms with E-state index in [4.69, 9.17) is 0 Å². The number of aliphatic hydroxyl groups is 2. The van der Waals surface area contributed by atoms with Crippen LogP contribution in [0.3, 0.4) is 0 Å². The maximum atomic E-state index is 9.88. The topological polar surface area (TPSA) is 58.3 Å². The van der Waals surface area contributed by atoms with Crippen molar-refractivity contribution in [3.05, 3.63) is 17.5 Å². The second-order valence-electron chi connectivity index (χ2n) is 4.60. The fraction of sp³-hybridized carbons (Fsp3) is 0.750. The standard InChI is InChI=1S/C12H22N2O2/c1-5-14-10(6-9(4)13-14)7-11(15)12(16)8(2)3/h6,8,11-12,15-16H,5,7H2,1-4H3. The summed E-state index contributed by atoms with van der Waals surface area (Å²) in [6.45, 7) is 8.53. The van der Waals surface area contributed by atoms with Crippen LogP contribution in [-0.4, -0.2) is 32.2 Å². The lowest BCUT2D eigenvalue weighted by Crippen LogP contribution is -2.33. The quantitative estimate of drug-likeness (QED) is 0.791. The summed E-state index contributed by atoms with van der Waals surface area (Å²) in [5.74, 6) is 0.0640. The Morgan fingerprint density at radius 3 is 2.50 bits per heavy atom. The van der Waals surface area contributed by atoms with Gasteiger partial charge in [-0.3, -0.25) is 4.68 Å². The lowest BCUT2D eigenvalue weighted by atomic mass is 9.98. The average molecular weight is 226 g/mol. The van der Waals surface area contributed by atoms with Crippen LogP contribution in [0.5, 0.6) is 0 Å². The predicted molar refractivity (Wildman–Crippen MR) is 63.2 cm³/mol. The fourth-order valence-corrected chi connectivity index (χ4v) is 1.82. The van der Waals surface area contributed by atoms with Crippen LogP contribution in [0.1, 0.15) is 32.2 Å². The van der Waals surface area contributed by atoms with Gasteiger partial charge in [0.2, 0.25) is 0 Å². The second-order valence-corrected chi connectivity index (χ2v) is 4.60. The summed E-state index contributed by atoms with van der Waals surface area (Å²) < 4.78 is 1.87. The number of rotatable bonds is 5.